The average Bonchev–Trinajstić information content (AvgIpc) is 2.80. The maximum atomic E-state index is 11.9. The van der Waals surface area contributed by atoms with Crippen LogP contribution in [0.4, 0.5) is 0 Å². The van der Waals surface area contributed by atoms with E-state index >= 15 is 0 Å². The van der Waals surface area contributed by atoms with Gasteiger partial charge in [0.15, 0.2) is 0 Å². The van der Waals surface area contributed by atoms with Crippen LogP contribution in [0, 0.1) is 5.92 Å². The summed E-state index contributed by atoms with van der Waals surface area (Å²) in [4.78, 5) is 25.5. The fraction of sp³-hybridized carbons (Fsp3) is 0.875. The minimum Gasteiger partial charge on any atom is -0.465 e. The van der Waals surface area contributed by atoms with Crippen LogP contribution in [-0.4, -0.2) is 36.5 Å². The predicted octanol–water partition coefficient (Wildman–Crippen LogP) is 3.15. The van der Waals surface area contributed by atoms with Gasteiger partial charge in [-0.25, -0.2) is 0 Å². The topological polar surface area (TPSA) is 46.6 Å². The highest BCUT2D eigenvalue weighted by Gasteiger charge is 2.34. The van der Waals surface area contributed by atoms with E-state index in [1.807, 2.05) is 4.90 Å². The van der Waals surface area contributed by atoms with Crippen LogP contribution in [0.1, 0.15) is 65.2 Å². The van der Waals surface area contributed by atoms with Crippen LogP contribution in [-0.2, 0) is 14.3 Å². The summed E-state index contributed by atoms with van der Waals surface area (Å²) >= 11 is 0. The Morgan fingerprint density at radius 3 is 2.55 bits per heavy atom. The molecule has 4 heteroatoms. The number of amides is 1. The van der Waals surface area contributed by atoms with Crippen molar-refractivity contribution in [1.82, 2.24) is 4.90 Å². The van der Waals surface area contributed by atoms with Crippen LogP contribution in [0.5, 0.6) is 0 Å². The van der Waals surface area contributed by atoms with Crippen molar-refractivity contribution in [3.05, 3.63) is 0 Å². The summed E-state index contributed by atoms with van der Waals surface area (Å²) in [6, 6.07) is 0. The Balaban J connectivity index is 2.20. The van der Waals surface area contributed by atoms with Gasteiger partial charge in [0.05, 0.1) is 12.5 Å². The molecule has 20 heavy (non-hydrogen) atoms. The molecule has 1 fully saturated rings. The predicted molar refractivity (Wildman–Crippen MR) is 79.3 cm³/mol. The molecule has 0 radical (unpaired) electrons. The maximum absolute atomic E-state index is 11.9. The molecular weight excluding hydrogens is 254 g/mol. The number of rotatable bonds is 10. The van der Waals surface area contributed by atoms with Crippen LogP contribution in [0.3, 0.4) is 0 Å². The van der Waals surface area contributed by atoms with Crippen molar-refractivity contribution in [2.75, 3.05) is 19.7 Å². The van der Waals surface area contributed by atoms with E-state index in [0.29, 0.717) is 19.6 Å². The first kappa shape index (κ1) is 17.0. The molecule has 1 saturated heterocycles. The molecule has 0 aromatic carbocycles. The van der Waals surface area contributed by atoms with Crippen molar-refractivity contribution in [3.8, 4) is 0 Å². The minimum atomic E-state index is -0.240. The van der Waals surface area contributed by atoms with E-state index in [0.717, 1.165) is 38.6 Å². The van der Waals surface area contributed by atoms with E-state index < -0.39 is 0 Å². The Hall–Kier alpha value is -1.06. The summed E-state index contributed by atoms with van der Waals surface area (Å²) in [6.07, 6.45) is 8.04. The quantitative estimate of drug-likeness (QED) is 0.457. The summed E-state index contributed by atoms with van der Waals surface area (Å²) < 4.78 is 5.28. The van der Waals surface area contributed by atoms with Gasteiger partial charge in [-0.2, -0.15) is 0 Å². The van der Waals surface area contributed by atoms with Gasteiger partial charge in [-0.1, -0.05) is 46.0 Å². The lowest BCUT2D eigenvalue weighted by molar-refractivity contribution is -0.148. The number of esters is 1. The summed E-state index contributed by atoms with van der Waals surface area (Å²) in [7, 11) is 0. The lowest BCUT2D eigenvalue weighted by Gasteiger charge is -2.16. The van der Waals surface area contributed by atoms with Gasteiger partial charge >= 0.3 is 5.97 Å². The third-order valence-corrected chi connectivity index (χ3v) is 3.82. The summed E-state index contributed by atoms with van der Waals surface area (Å²) in [5.41, 5.74) is 0. The molecule has 1 unspecified atom stereocenters. The summed E-state index contributed by atoms with van der Waals surface area (Å²) in [5, 5.41) is 0. The van der Waals surface area contributed by atoms with Crippen molar-refractivity contribution >= 4 is 11.9 Å². The van der Waals surface area contributed by atoms with Crippen LogP contribution < -0.4 is 0 Å². The van der Waals surface area contributed by atoms with Crippen LogP contribution >= 0.6 is 0 Å². The lowest BCUT2D eigenvalue weighted by atomic mass is 10.1. The second-order valence-electron chi connectivity index (χ2n) is 5.68. The lowest BCUT2D eigenvalue weighted by Crippen LogP contribution is -2.27. The number of likely N-dealkylation sites (tertiary alicyclic amines) is 1. The van der Waals surface area contributed by atoms with Crippen LogP contribution in [0.2, 0.25) is 0 Å². The van der Waals surface area contributed by atoms with Crippen molar-refractivity contribution < 1.29 is 14.3 Å². The molecule has 0 N–H and O–H groups in total. The van der Waals surface area contributed by atoms with Gasteiger partial charge in [0, 0.05) is 19.5 Å². The molecule has 116 valence electrons. The highest BCUT2D eigenvalue weighted by Crippen LogP contribution is 2.20. The largest absolute Gasteiger partial charge is 0.465 e. The van der Waals surface area contributed by atoms with E-state index in [-0.39, 0.29) is 17.8 Å². The zero-order valence-electron chi connectivity index (χ0n) is 13.0. The second-order valence-corrected chi connectivity index (χ2v) is 5.68. The fourth-order valence-electron chi connectivity index (χ4n) is 2.52. The molecule has 1 atom stereocenters. The van der Waals surface area contributed by atoms with Crippen molar-refractivity contribution in [2.45, 2.75) is 65.2 Å². The molecule has 0 saturated carbocycles. The first-order valence-electron chi connectivity index (χ1n) is 8.13. The second kappa shape index (κ2) is 9.78. The molecule has 1 aliphatic rings. The van der Waals surface area contributed by atoms with E-state index in [2.05, 4.69) is 13.8 Å². The Kier molecular flexibility index (Phi) is 8.31. The first-order valence-corrected chi connectivity index (χ1v) is 8.13. The molecule has 1 heterocycles. The first-order chi connectivity index (χ1) is 9.69. The monoisotopic (exact) mass is 283 g/mol. The Morgan fingerprint density at radius 2 is 1.85 bits per heavy atom. The Bertz CT molecular complexity index is 304. The molecule has 1 rings (SSSR count). The number of nitrogens with zero attached hydrogens (tertiary/aromatic N) is 1. The zero-order chi connectivity index (χ0) is 14.8. The highest BCUT2D eigenvalue weighted by atomic mass is 16.5. The smallest absolute Gasteiger partial charge is 0.311 e. The van der Waals surface area contributed by atoms with Gasteiger partial charge in [-0.15, -0.1) is 0 Å². The van der Waals surface area contributed by atoms with Gasteiger partial charge in [-0.05, 0) is 12.8 Å². The molecule has 0 aromatic heterocycles. The van der Waals surface area contributed by atoms with Gasteiger partial charge in [0.1, 0.15) is 0 Å². The SMILES string of the molecule is CCCCCCOC(=O)C1CC(=O)N(CCCCC)C1. The van der Waals surface area contributed by atoms with Gasteiger partial charge in [0.25, 0.3) is 0 Å². The van der Waals surface area contributed by atoms with Crippen LogP contribution in [0.25, 0.3) is 0 Å². The standard InChI is InChI=1S/C16H29NO3/c1-3-5-7-9-11-20-16(19)14-12-15(18)17(13-14)10-8-6-4-2/h14H,3-13H2,1-2H3. The van der Waals surface area contributed by atoms with Crippen LogP contribution in [0.15, 0.2) is 0 Å². The van der Waals surface area contributed by atoms with Crippen molar-refractivity contribution in [1.29, 1.82) is 0 Å². The number of unbranched alkanes of at least 4 members (excludes halogenated alkanes) is 5. The Morgan fingerprint density at radius 1 is 1.15 bits per heavy atom. The number of hydrogen-bond acceptors (Lipinski definition) is 3. The van der Waals surface area contributed by atoms with E-state index in [1.165, 1.54) is 12.8 Å². The Labute approximate surface area is 122 Å². The van der Waals surface area contributed by atoms with Gasteiger partial charge in [-0.3, -0.25) is 9.59 Å². The third-order valence-electron chi connectivity index (χ3n) is 3.82. The zero-order valence-corrected chi connectivity index (χ0v) is 13.0. The summed E-state index contributed by atoms with van der Waals surface area (Å²) in [6.45, 7) is 6.14. The molecule has 0 aliphatic carbocycles. The molecule has 0 bridgehead atoms. The molecule has 1 aliphatic heterocycles. The molecule has 0 spiro atoms. The fourth-order valence-corrected chi connectivity index (χ4v) is 2.52. The van der Waals surface area contributed by atoms with E-state index in [9.17, 15) is 9.59 Å². The molecular formula is C16H29NO3. The number of ether oxygens (including phenoxy) is 1. The molecule has 4 nitrogen and oxygen atoms in total. The van der Waals surface area contributed by atoms with Crippen molar-refractivity contribution in [3.63, 3.8) is 0 Å². The molecule has 0 aromatic rings. The van der Waals surface area contributed by atoms with Crippen molar-refractivity contribution in [2.24, 2.45) is 5.92 Å². The van der Waals surface area contributed by atoms with E-state index in [4.69, 9.17) is 4.74 Å². The third kappa shape index (κ3) is 5.93. The van der Waals surface area contributed by atoms with Gasteiger partial charge < -0.3 is 9.64 Å². The average molecular weight is 283 g/mol. The minimum absolute atomic E-state index is 0.106. The number of carbonyl (C=O) groups excluding carboxylic acids is 2. The normalized spacial score (nSPS) is 18.6. The summed E-state index contributed by atoms with van der Waals surface area (Å²) in [5.74, 6) is -0.322. The number of carbonyl (C=O) groups is 2. The van der Waals surface area contributed by atoms with E-state index in [1.54, 1.807) is 0 Å². The molecule has 1 amide bonds. The highest BCUT2D eigenvalue weighted by molar-refractivity contribution is 5.86. The van der Waals surface area contributed by atoms with Gasteiger partial charge in [0.2, 0.25) is 5.91 Å². The maximum Gasteiger partial charge on any atom is 0.311 e. The number of hydrogen-bond donors (Lipinski definition) is 0.